The quantitative estimate of drug-likeness (QED) is 0.606. The van der Waals surface area contributed by atoms with Crippen molar-refractivity contribution in [2.24, 2.45) is 28.3 Å². The van der Waals surface area contributed by atoms with Crippen LogP contribution in [0.5, 0.6) is 0 Å². The lowest BCUT2D eigenvalue weighted by Gasteiger charge is -2.55. The summed E-state index contributed by atoms with van der Waals surface area (Å²) >= 11 is 0. The fourth-order valence-electron chi connectivity index (χ4n) is 5.59. The second-order valence-corrected chi connectivity index (χ2v) is 8.52. The normalized spacial score (nSPS) is 32.5. The lowest BCUT2D eigenvalue weighted by Crippen LogP contribution is -2.52. The van der Waals surface area contributed by atoms with Gasteiger partial charge in [-0.1, -0.05) is 0 Å². The SMILES string of the molecule is CC(CC(=O)NCc1ccco1)=NNC(=O)C12CC3CC(CC(C3)C1)C2. The van der Waals surface area contributed by atoms with Crippen LogP contribution in [-0.4, -0.2) is 17.5 Å². The van der Waals surface area contributed by atoms with Gasteiger partial charge in [-0.2, -0.15) is 5.10 Å². The van der Waals surface area contributed by atoms with Gasteiger partial charge >= 0.3 is 0 Å². The van der Waals surface area contributed by atoms with Gasteiger partial charge in [0, 0.05) is 5.71 Å². The first-order valence-electron chi connectivity index (χ1n) is 9.65. The number of rotatable bonds is 6. The van der Waals surface area contributed by atoms with Crippen LogP contribution in [-0.2, 0) is 16.1 Å². The Hall–Kier alpha value is -2.11. The molecule has 26 heavy (non-hydrogen) atoms. The summed E-state index contributed by atoms with van der Waals surface area (Å²) in [5.41, 5.74) is 3.17. The van der Waals surface area contributed by atoms with Crippen molar-refractivity contribution in [2.45, 2.75) is 58.4 Å². The van der Waals surface area contributed by atoms with Crippen LogP contribution in [0.4, 0.5) is 0 Å². The molecule has 6 heteroatoms. The zero-order chi connectivity index (χ0) is 18.1. The standard InChI is InChI=1S/C20H27N3O3/c1-13(5-18(24)21-12-17-3-2-4-26-17)22-23-19(25)20-9-14-6-15(10-20)8-16(7-14)11-20/h2-4,14-16H,5-12H2,1H3,(H,21,24)(H,23,25). The van der Waals surface area contributed by atoms with Crippen LogP contribution in [0.2, 0.25) is 0 Å². The van der Waals surface area contributed by atoms with E-state index >= 15 is 0 Å². The number of furan rings is 1. The van der Waals surface area contributed by atoms with E-state index in [1.807, 2.05) is 6.07 Å². The van der Waals surface area contributed by atoms with Crippen molar-refractivity contribution in [3.05, 3.63) is 24.2 Å². The highest BCUT2D eigenvalue weighted by Gasteiger charge is 2.54. The third-order valence-corrected chi connectivity index (χ3v) is 6.32. The maximum Gasteiger partial charge on any atom is 0.246 e. The molecule has 0 aliphatic heterocycles. The van der Waals surface area contributed by atoms with Gasteiger partial charge in [0.2, 0.25) is 11.8 Å². The second kappa shape index (κ2) is 6.89. The van der Waals surface area contributed by atoms with E-state index in [1.54, 1.807) is 19.3 Å². The molecule has 0 unspecified atom stereocenters. The molecule has 0 saturated heterocycles. The summed E-state index contributed by atoms with van der Waals surface area (Å²) in [7, 11) is 0. The largest absolute Gasteiger partial charge is 0.467 e. The molecule has 6 nitrogen and oxygen atoms in total. The van der Waals surface area contributed by atoms with Gasteiger partial charge < -0.3 is 9.73 Å². The molecule has 4 bridgehead atoms. The Morgan fingerprint density at radius 3 is 2.42 bits per heavy atom. The van der Waals surface area contributed by atoms with Crippen molar-refractivity contribution in [3.8, 4) is 0 Å². The van der Waals surface area contributed by atoms with E-state index in [2.05, 4.69) is 15.8 Å². The van der Waals surface area contributed by atoms with E-state index in [4.69, 9.17) is 4.42 Å². The van der Waals surface area contributed by atoms with Crippen molar-refractivity contribution < 1.29 is 14.0 Å². The first-order valence-corrected chi connectivity index (χ1v) is 9.65. The van der Waals surface area contributed by atoms with Crippen LogP contribution >= 0.6 is 0 Å². The summed E-state index contributed by atoms with van der Waals surface area (Å²) in [5.74, 6) is 2.82. The number of carbonyl (C=O) groups excluding carboxylic acids is 2. The molecule has 0 atom stereocenters. The average Bonchev–Trinajstić information content (AvgIpc) is 3.10. The van der Waals surface area contributed by atoms with Gasteiger partial charge in [0.1, 0.15) is 5.76 Å². The Kier molecular flexibility index (Phi) is 4.59. The molecular weight excluding hydrogens is 330 g/mol. The van der Waals surface area contributed by atoms with Gasteiger partial charge in [-0.3, -0.25) is 9.59 Å². The minimum absolute atomic E-state index is 0.0620. The molecule has 4 aliphatic carbocycles. The van der Waals surface area contributed by atoms with Gasteiger partial charge in [0.25, 0.3) is 0 Å². The molecule has 4 aliphatic rings. The Morgan fingerprint density at radius 2 is 1.85 bits per heavy atom. The number of hydrazone groups is 1. The molecule has 2 amide bonds. The molecule has 2 N–H and O–H groups in total. The Morgan fingerprint density at radius 1 is 1.19 bits per heavy atom. The minimum atomic E-state index is -0.208. The number of carbonyl (C=O) groups is 2. The Labute approximate surface area is 153 Å². The van der Waals surface area contributed by atoms with Crippen LogP contribution in [0.15, 0.2) is 27.9 Å². The molecule has 0 radical (unpaired) electrons. The van der Waals surface area contributed by atoms with Gasteiger partial charge in [-0.15, -0.1) is 0 Å². The molecule has 1 heterocycles. The molecule has 5 rings (SSSR count). The fraction of sp³-hybridized carbons (Fsp3) is 0.650. The van der Waals surface area contributed by atoms with Gasteiger partial charge in [-0.05, 0) is 75.3 Å². The highest BCUT2D eigenvalue weighted by molar-refractivity contribution is 6.00. The number of nitrogens with zero attached hydrogens (tertiary/aromatic N) is 1. The topological polar surface area (TPSA) is 83.7 Å². The van der Waals surface area contributed by atoms with Gasteiger partial charge in [0.15, 0.2) is 0 Å². The van der Waals surface area contributed by atoms with Crippen LogP contribution in [0.1, 0.15) is 57.6 Å². The molecule has 4 fully saturated rings. The molecular formula is C20H27N3O3. The molecule has 0 spiro atoms. The maximum absolute atomic E-state index is 12.8. The summed E-state index contributed by atoms with van der Waals surface area (Å²) in [6, 6.07) is 3.60. The minimum Gasteiger partial charge on any atom is -0.467 e. The molecule has 0 aromatic carbocycles. The number of hydrogen-bond donors (Lipinski definition) is 2. The van der Waals surface area contributed by atoms with Crippen LogP contribution < -0.4 is 10.7 Å². The Bertz CT molecular complexity index is 673. The first kappa shape index (κ1) is 17.3. The van der Waals surface area contributed by atoms with Gasteiger partial charge in [0.05, 0.1) is 24.6 Å². The van der Waals surface area contributed by atoms with Crippen LogP contribution in [0.25, 0.3) is 0 Å². The summed E-state index contributed by atoms with van der Waals surface area (Å²) in [6.07, 6.45) is 8.73. The third kappa shape index (κ3) is 3.55. The zero-order valence-corrected chi connectivity index (χ0v) is 15.3. The summed E-state index contributed by atoms with van der Waals surface area (Å²) in [5, 5.41) is 6.99. The zero-order valence-electron chi connectivity index (χ0n) is 15.3. The predicted molar refractivity (Wildman–Crippen MR) is 97.0 cm³/mol. The fourth-order valence-corrected chi connectivity index (χ4v) is 5.59. The lowest BCUT2D eigenvalue weighted by atomic mass is 9.49. The van der Waals surface area contributed by atoms with E-state index in [-0.39, 0.29) is 23.7 Å². The van der Waals surface area contributed by atoms with E-state index in [9.17, 15) is 9.59 Å². The van der Waals surface area contributed by atoms with E-state index < -0.39 is 0 Å². The van der Waals surface area contributed by atoms with E-state index in [1.165, 1.54) is 19.3 Å². The summed E-state index contributed by atoms with van der Waals surface area (Å²) in [4.78, 5) is 24.8. The van der Waals surface area contributed by atoms with Crippen molar-refractivity contribution >= 4 is 17.5 Å². The number of amides is 2. The van der Waals surface area contributed by atoms with Crippen LogP contribution in [0.3, 0.4) is 0 Å². The van der Waals surface area contributed by atoms with Gasteiger partial charge in [-0.25, -0.2) is 5.43 Å². The average molecular weight is 357 g/mol. The number of nitrogens with one attached hydrogen (secondary N) is 2. The van der Waals surface area contributed by atoms with Crippen molar-refractivity contribution in [2.75, 3.05) is 0 Å². The lowest BCUT2D eigenvalue weighted by molar-refractivity contribution is -0.146. The Balaban J connectivity index is 1.28. The predicted octanol–water partition coefficient (Wildman–Crippen LogP) is 2.99. The molecule has 1 aromatic heterocycles. The smallest absolute Gasteiger partial charge is 0.246 e. The number of hydrogen-bond acceptors (Lipinski definition) is 4. The maximum atomic E-state index is 12.8. The second-order valence-electron chi connectivity index (χ2n) is 8.52. The summed E-state index contributed by atoms with van der Waals surface area (Å²) < 4.78 is 5.18. The first-order chi connectivity index (χ1) is 12.5. The van der Waals surface area contributed by atoms with Crippen LogP contribution in [0, 0.1) is 23.2 Å². The molecule has 140 valence electrons. The molecule has 4 saturated carbocycles. The highest BCUT2D eigenvalue weighted by Crippen LogP contribution is 2.60. The van der Waals surface area contributed by atoms with Crippen molar-refractivity contribution in [3.63, 3.8) is 0 Å². The van der Waals surface area contributed by atoms with E-state index in [0.717, 1.165) is 37.0 Å². The van der Waals surface area contributed by atoms with E-state index in [0.29, 0.717) is 18.0 Å². The highest BCUT2D eigenvalue weighted by atomic mass is 16.3. The van der Waals surface area contributed by atoms with Crippen molar-refractivity contribution in [1.29, 1.82) is 0 Å². The summed E-state index contributed by atoms with van der Waals surface area (Å²) in [6.45, 7) is 2.13. The molecule has 1 aromatic rings. The van der Waals surface area contributed by atoms with Crippen molar-refractivity contribution in [1.82, 2.24) is 10.7 Å². The monoisotopic (exact) mass is 357 g/mol. The third-order valence-electron chi connectivity index (χ3n) is 6.32.